The fourth-order valence-electron chi connectivity index (χ4n) is 0.976. The number of alkyl halides is 3. The number of rotatable bonds is 4. The molecular weight excluding hydrogens is 223 g/mol. The van der Waals surface area contributed by atoms with Crippen LogP contribution in [0.3, 0.4) is 0 Å². The molecule has 0 aliphatic rings. The smallest absolute Gasteiger partial charge is 0.370 e. The zero-order chi connectivity index (χ0) is 12.2. The lowest BCUT2D eigenvalue weighted by Gasteiger charge is -2.08. The Morgan fingerprint density at radius 1 is 1.44 bits per heavy atom. The molecule has 0 bridgehead atoms. The number of nitrogens with zero attached hydrogens (tertiary/aromatic N) is 1. The second-order valence-corrected chi connectivity index (χ2v) is 3.09. The van der Waals surface area contributed by atoms with Crippen LogP contribution in [0.1, 0.15) is 16.8 Å². The van der Waals surface area contributed by atoms with Gasteiger partial charge in [-0.2, -0.15) is 13.2 Å². The molecule has 0 atom stereocenters. The Balaban J connectivity index is 2.47. The van der Waals surface area contributed by atoms with E-state index in [1.165, 1.54) is 18.3 Å². The largest absolute Gasteiger partial charge is 0.390 e. The number of hydrogen-bond acceptors (Lipinski definition) is 3. The third-order valence-electron chi connectivity index (χ3n) is 1.76. The van der Waals surface area contributed by atoms with Gasteiger partial charge in [-0.1, -0.05) is 0 Å². The van der Waals surface area contributed by atoms with Crippen LogP contribution in [0.25, 0.3) is 0 Å². The Kier molecular flexibility index (Phi) is 3.70. The molecule has 0 fully saturated rings. The van der Waals surface area contributed by atoms with Crippen LogP contribution < -0.4 is 11.1 Å². The summed E-state index contributed by atoms with van der Waals surface area (Å²) in [6.07, 6.45) is -3.93. The van der Waals surface area contributed by atoms with Crippen molar-refractivity contribution in [1.82, 2.24) is 4.98 Å². The summed E-state index contributed by atoms with van der Waals surface area (Å²) in [7, 11) is 0. The van der Waals surface area contributed by atoms with Crippen LogP contribution in [0.4, 0.5) is 19.0 Å². The van der Waals surface area contributed by atoms with E-state index in [2.05, 4.69) is 10.3 Å². The topological polar surface area (TPSA) is 68.0 Å². The number of aromatic nitrogens is 1. The number of amides is 1. The Hall–Kier alpha value is -1.79. The number of anilines is 1. The van der Waals surface area contributed by atoms with E-state index in [-0.39, 0.29) is 17.9 Å². The summed E-state index contributed by atoms with van der Waals surface area (Å²) in [4.78, 5) is 14.4. The molecule has 1 rings (SSSR count). The van der Waals surface area contributed by atoms with Crippen molar-refractivity contribution in [3.8, 4) is 0 Å². The third-order valence-corrected chi connectivity index (χ3v) is 1.76. The Morgan fingerprint density at radius 2 is 2.12 bits per heavy atom. The van der Waals surface area contributed by atoms with E-state index in [0.29, 0.717) is 0 Å². The maximum Gasteiger partial charge on any atom is 0.390 e. The number of hydrogen-bond donors (Lipinski definition) is 2. The number of carbonyl (C=O) groups is 1. The lowest BCUT2D eigenvalue weighted by atomic mass is 10.3. The van der Waals surface area contributed by atoms with Crippen LogP contribution in [0, 0.1) is 0 Å². The highest BCUT2D eigenvalue weighted by Crippen LogP contribution is 2.19. The van der Waals surface area contributed by atoms with Gasteiger partial charge in [-0.3, -0.25) is 4.79 Å². The monoisotopic (exact) mass is 233 g/mol. The summed E-state index contributed by atoms with van der Waals surface area (Å²) < 4.78 is 35.4. The van der Waals surface area contributed by atoms with Crippen molar-refractivity contribution in [3.05, 3.63) is 23.9 Å². The van der Waals surface area contributed by atoms with Gasteiger partial charge in [0.05, 0.1) is 12.0 Å². The van der Waals surface area contributed by atoms with E-state index < -0.39 is 18.5 Å². The minimum Gasteiger partial charge on any atom is -0.370 e. The maximum atomic E-state index is 11.8. The lowest BCUT2D eigenvalue weighted by Crippen LogP contribution is -2.15. The van der Waals surface area contributed by atoms with Crippen molar-refractivity contribution >= 4 is 11.7 Å². The van der Waals surface area contributed by atoms with Gasteiger partial charge in [-0.25, -0.2) is 4.98 Å². The van der Waals surface area contributed by atoms with Gasteiger partial charge in [-0.05, 0) is 12.1 Å². The van der Waals surface area contributed by atoms with Gasteiger partial charge in [-0.15, -0.1) is 0 Å². The van der Waals surface area contributed by atoms with Gasteiger partial charge in [0.15, 0.2) is 0 Å². The van der Waals surface area contributed by atoms with Crippen LogP contribution in [-0.2, 0) is 0 Å². The molecule has 0 aliphatic heterocycles. The standard InChI is InChI=1S/C9H10F3N3O/c10-9(11,12)3-4-14-7-2-1-6(5-15-7)8(13)16/h1-2,5H,3-4H2,(H2,13,16)(H,14,15). The molecule has 0 spiro atoms. The minimum absolute atomic E-state index is 0.210. The van der Waals surface area contributed by atoms with Crippen LogP contribution in [0.15, 0.2) is 18.3 Å². The fraction of sp³-hybridized carbons (Fsp3) is 0.333. The molecule has 1 aromatic rings. The second kappa shape index (κ2) is 4.82. The highest BCUT2D eigenvalue weighted by molar-refractivity contribution is 5.92. The summed E-state index contributed by atoms with van der Waals surface area (Å²) in [6.45, 7) is -0.258. The molecule has 3 N–H and O–H groups in total. The molecule has 0 saturated heterocycles. The van der Waals surface area contributed by atoms with Gasteiger partial charge < -0.3 is 11.1 Å². The third kappa shape index (κ3) is 4.16. The molecule has 0 aromatic carbocycles. The SMILES string of the molecule is NC(=O)c1ccc(NCCC(F)(F)F)nc1. The first-order chi connectivity index (χ1) is 7.38. The molecule has 1 amide bonds. The zero-order valence-electron chi connectivity index (χ0n) is 8.21. The molecule has 7 heteroatoms. The Morgan fingerprint density at radius 3 is 2.56 bits per heavy atom. The van der Waals surface area contributed by atoms with Crippen LogP contribution >= 0.6 is 0 Å². The average molecular weight is 233 g/mol. The molecule has 1 heterocycles. The van der Waals surface area contributed by atoms with Crippen LogP contribution in [0.2, 0.25) is 0 Å². The summed E-state index contributed by atoms with van der Waals surface area (Å²) >= 11 is 0. The van der Waals surface area contributed by atoms with Gasteiger partial charge in [0.2, 0.25) is 5.91 Å². The predicted molar refractivity (Wildman–Crippen MR) is 51.9 cm³/mol. The Labute approximate surface area is 89.7 Å². The molecule has 16 heavy (non-hydrogen) atoms. The van der Waals surface area contributed by atoms with Crippen molar-refractivity contribution in [1.29, 1.82) is 0 Å². The minimum atomic E-state index is -4.19. The maximum absolute atomic E-state index is 11.8. The predicted octanol–water partition coefficient (Wildman–Crippen LogP) is 1.54. The number of nitrogens with one attached hydrogen (secondary N) is 1. The number of primary amides is 1. The highest BCUT2D eigenvalue weighted by atomic mass is 19.4. The van der Waals surface area contributed by atoms with Crippen molar-refractivity contribution in [2.24, 2.45) is 5.73 Å². The van der Waals surface area contributed by atoms with E-state index >= 15 is 0 Å². The summed E-state index contributed by atoms with van der Waals surface area (Å²) in [5.41, 5.74) is 5.18. The summed E-state index contributed by atoms with van der Waals surface area (Å²) in [5.74, 6) is -0.358. The van der Waals surface area contributed by atoms with E-state index in [9.17, 15) is 18.0 Å². The van der Waals surface area contributed by atoms with Crippen molar-refractivity contribution in [3.63, 3.8) is 0 Å². The van der Waals surface area contributed by atoms with Gasteiger partial charge in [0.25, 0.3) is 0 Å². The number of carbonyl (C=O) groups excluding carboxylic acids is 1. The molecule has 4 nitrogen and oxygen atoms in total. The molecular formula is C9H10F3N3O. The molecule has 88 valence electrons. The number of nitrogens with two attached hydrogens (primary N) is 1. The quantitative estimate of drug-likeness (QED) is 0.828. The van der Waals surface area contributed by atoms with Crippen LogP contribution in [0.5, 0.6) is 0 Å². The van der Waals surface area contributed by atoms with Gasteiger partial charge in [0.1, 0.15) is 5.82 Å². The molecule has 0 saturated carbocycles. The van der Waals surface area contributed by atoms with E-state index in [1.807, 2.05) is 0 Å². The Bertz CT molecular complexity index is 361. The summed E-state index contributed by atoms with van der Waals surface area (Å²) in [5, 5.41) is 2.48. The second-order valence-electron chi connectivity index (χ2n) is 3.09. The highest BCUT2D eigenvalue weighted by Gasteiger charge is 2.26. The number of pyridine rings is 1. The molecule has 0 radical (unpaired) electrons. The first-order valence-electron chi connectivity index (χ1n) is 4.45. The first kappa shape index (κ1) is 12.3. The molecule has 0 unspecified atom stereocenters. The van der Waals surface area contributed by atoms with E-state index in [1.54, 1.807) is 0 Å². The van der Waals surface area contributed by atoms with Crippen molar-refractivity contribution in [2.45, 2.75) is 12.6 Å². The average Bonchev–Trinajstić information content (AvgIpc) is 2.16. The lowest BCUT2D eigenvalue weighted by molar-refractivity contribution is -0.131. The molecule has 0 aliphatic carbocycles. The normalized spacial score (nSPS) is 11.2. The van der Waals surface area contributed by atoms with Crippen LogP contribution in [-0.4, -0.2) is 23.6 Å². The van der Waals surface area contributed by atoms with E-state index in [4.69, 9.17) is 5.73 Å². The number of halogens is 3. The fourth-order valence-corrected chi connectivity index (χ4v) is 0.976. The van der Waals surface area contributed by atoms with Crippen molar-refractivity contribution in [2.75, 3.05) is 11.9 Å². The summed E-state index contributed by atoms with van der Waals surface area (Å²) in [6, 6.07) is 2.79. The van der Waals surface area contributed by atoms with Gasteiger partial charge >= 0.3 is 6.18 Å². The van der Waals surface area contributed by atoms with E-state index in [0.717, 1.165) is 0 Å². The molecule has 1 aromatic heterocycles. The van der Waals surface area contributed by atoms with Crippen molar-refractivity contribution < 1.29 is 18.0 Å². The zero-order valence-corrected chi connectivity index (χ0v) is 8.21. The van der Waals surface area contributed by atoms with Gasteiger partial charge in [0, 0.05) is 12.7 Å². The first-order valence-corrected chi connectivity index (χ1v) is 4.45.